The molecule has 27 heavy (non-hydrogen) atoms. The predicted octanol–water partition coefficient (Wildman–Crippen LogP) is 4.14. The van der Waals surface area contributed by atoms with E-state index in [1.165, 1.54) is 22.3 Å². The smallest absolute Gasteiger partial charge is 0.173 e. The van der Waals surface area contributed by atoms with Crippen LogP contribution >= 0.6 is 12.2 Å². The molecule has 0 saturated carbocycles. The first kappa shape index (κ1) is 19.6. The van der Waals surface area contributed by atoms with Crippen LogP contribution in [0.4, 0.5) is 5.69 Å². The van der Waals surface area contributed by atoms with Crippen LogP contribution in [0.5, 0.6) is 5.75 Å². The standard InChI is InChI=1S/C22H29N3OS/c1-16-13-18(3)21(14-17(16)2)23-22(27)25-11-9-24(10-12-25)15-19-5-7-20(26-4)8-6-19/h5-8,13-14H,9-12,15H2,1-4H3,(H,23,27). The van der Waals surface area contributed by atoms with Gasteiger partial charge in [0.2, 0.25) is 0 Å². The summed E-state index contributed by atoms with van der Waals surface area (Å²) in [6.45, 7) is 11.3. The summed E-state index contributed by atoms with van der Waals surface area (Å²) in [6, 6.07) is 12.7. The summed E-state index contributed by atoms with van der Waals surface area (Å²) >= 11 is 5.67. The summed E-state index contributed by atoms with van der Waals surface area (Å²) in [4.78, 5) is 4.75. The van der Waals surface area contributed by atoms with E-state index >= 15 is 0 Å². The van der Waals surface area contributed by atoms with E-state index in [0.29, 0.717) is 0 Å². The van der Waals surface area contributed by atoms with Crippen LogP contribution in [0.1, 0.15) is 22.3 Å². The number of nitrogens with one attached hydrogen (secondary N) is 1. The van der Waals surface area contributed by atoms with Crippen molar-refractivity contribution in [3.63, 3.8) is 0 Å². The molecule has 3 rings (SSSR count). The van der Waals surface area contributed by atoms with Crippen molar-refractivity contribution in [2.24, 2.45) is 0 Å². The Morgan fingerprint density at radius 3 is 2.22 bits per heavy atom. The third-order valence-corrected chi connectivity index (χ3v) is 5.67. The lowest BCUT2D eigenvalue weighted by molar-refractivity contribution is 0.177. The number of thiocarbonyl (C=S) groups is 1. The Labute approximate surface area is 168 Å². The first-order valence-corrected chi connectivity index (χ1v) is 9.86. The van der Waals surface area contributed by atoms with Crippen LogP contribution in [0.2, 0.25) is 0 Å². The summed E-state index contributed by atoms with van der Waals surface area (Å²) in [5.41, 5.74) is 6.27. The molecule has 0 amide bonds. The summed E-state index contributed by atoms with van der Waals surface area (Å²) in [6.07, 6.45) is 0. The molecule has 1 aliphatic rings. The van der Waals surface area contributed by atoms with E-state index in [9.17, 15) is 0 Å². The average molecular weight is 384 g/mol. The van der Waals surface area contributed by atoms with Crippen LogP contribution < -0.4 is 10.1 Å². The van der Waals surface area contributed by atoms with Gasteiger partial charge in [-0.05, 0) is 73.4 Å². The molecular weight excluding hydrogens is 354 g/mol. The van der Waals surface area contributed by atoms with Gasteiger partial charge in [-0.3, -0.25) is 4.90 Å². The van der Waals surface area contributed by atoms with Crippen molar-refractivity contribution in [2.75, 3.05) is 38.6 Å². The quantitative estimate of drug-likeness (QED) is 0.801. The number of hydrogen-bond donors (Lipinski definition) is 1. The van der Waals surface area contributed by atoms with E-state index in [1.54, 1.807) is 7.11 Å². The van der Waals surface area contributed by atoms with Crippen molar-refractivity contribution in [2.45, 2.75) is 27.3 Å². The second-order valence-electron chi connectivity index (χ2n) is 7.29. The van der Waals surface area contributed by atoms with Gasteiger partial charge in [-0.1, -0.05) is 18.2 Å². The van der Waals surface area contributed by atoms with Crippen molar-refractivity contribution >= 4 is 23.0 Å². The van der Waals surface area contributed by atoms with Crippen LogP contribution in [-0.4, -0.2) is 48.2 Å². The fraction of sp³-hybridized carbons (Fsp3) is 0.409. The molecule has 0 unspecified atom stereocenters. The zero-order valence-corrected chi connectivity index (χ0v) is 17.5. The van der Waals surface area contributed by atoms with Gasteiger partial charge < -0.3 is 15.0 Å². The number of nitrogens with zero attached hydrogens (tertiary/aromatic N) is 2. The Hall–Kier alpha value is -2.11. The van der Waals surface area contributed by atoms with Gasteiger partial charge in [0.25, 0.3) is 0 Å². The normalized spacial score (nSPS) is 14.9. The molecule has 1 heterocycles. The highest BCUT2D eigenvalue weighted by Crippen LogP contribution is 2.21. The van der Waals surface area contributed by atoms with E-state index in [0.717, 1.165) is 49.3 Å². The summed E-state index contributed by atoms with van der Waals surface area (Å²) < 4.78 is 5.23. The van der Waals surface area contributed by atoms with E-state index in [1.807, 2.05) is 12.1 Å². The minimum absolute atomic E-state index is 0.824. The molecule has 0 spiro atoms. The van der Waals surface area contributed by atoms with Crippen LogP contribution in [0.25, 0.3) is 0 Å². The Morgan fingerprint density at radius 1 is 0.963 bits per heavy atom. The summed E-state index contributed by atoms with van der Waals surface area (Å²) in [7, 11) is 1.70. The molecule has 0 radical (unpaired) electrons. The molecule has 1 saturated heterocycles. The lowest BCUT2D eigenvalue weighted by atomic mass is 10.1. The molecule has 2 aromatic carbocycles. The van der Waals surface area contributed by atoms with Gasteiger partial charge in [-0.25, -0.2) is 0 Å². The molecular formula is C22H29N3OS. The van der Waals surface area contributed by atoms with E-state index < -0.39 is 0 Å². The number of rotatable bonds is 4. The zero-order valence-electron chi connectivity index (χ0n) is 16.7. The maximum Gasteiger partial charge on any atom is 0.173 e. The lowest BCUT2D eigenvalue weighted by Crippen LogP contribution is -2.49. The Balaban J connectivity index is 1.52. The monoisotopic (exact) mass is 383 g/mol. The topological polar surface area (TPSA) is 27.7 Å². The minimum atomic E-state index is 0.824. The molecule has 0 bridgehead atoms. The minimum Gasteiger partial charge on any atom is -0.497 e. The third-order valence-electron chi connectivity index (χ3n) is 5.31. The Morgan fingerprint density at radius 2 is 1.59 bits per heavy atom. The van der Waals surface area contributed by atoms with Gasteiger partial charge in [-0.2, -0.15) is 0 Å². The highest BCUT2D eigenvalue weighted by Gasteiger charge is 2.19. The van der Waals surface area contributed by atoms with Crippen molar-refractivity contribution in [1.82, 2.24) is 9.80 Å². The zero-order chi connectivity index (χ0) is 19.4. The summed E-state index contributed by atoms with van der Waals surface area (Å²) in [5.74, 6) is 0.904. The number of aryl methyl sites for hydroxylation is 3. The maximum absolute atomic E-state index is 5.67. The molecule has 1 aliphatic heterocycles. The SMILES string of the molecule is COc1ccc(CN2CCN(C(=S)Nc3cc(C)c(C)cc3C)CC2)cc1. The second-order valence-corrected chi connectivity index (χ2v) is 7.68. The number of piperazine rings is 1. The van der Waals surface area contributed by atoms with Crippen LogP contribution in [0.15, 0.2) is 36.4 Å². The molecule has 4 nitrogen and oxygen atoms in total. The van der Waals surface area contributed by atoms with E-state index in [4.69, 9.17) is 17.0 Å². The number of hydrogen-bond acceptors (Lipinski definition) is 3. The Kier molecular flexibility index (Phi) is 6.34. The van der Waals surface area contributed by atoms with Gasteiger partial charge in [0.1, 0.15) is 5.75 Å². The van der Waals surface area contributed by atoms with Gasteiger partial charge in [0, 0.05) is 38.4 Å². The van der Waals surface area contributed by atoms with Crippen molar-refractivity contribution in [3.05, 3.63) is 58.7 Å². The lowest BCUT2D eigenvalue weighted by Gasteiger charge is -2.36. The molecule has 0 atom stereocenters. The molecule has 1 fully saturated rings. The fourth-order valence-electron chi connectivity index (χ4n) is 3.39. The molecule has 0 aliphatic carbocycles. The molecule has 1 N–H and O–H groups in total. The van der Waals surface area contributed by atoms with Crippen LogP contribution in [0.3, 0.4) is 0 Å². The van der Waals surface area contributed by atoms with E-state index in [2.05, 4.69) is 60.2 Å². The average Bonchev–Trinajstić information content (AvgIpc) is 2.67. The van der Waals surface area contributed by atoms with Gasteiger partial charge >= 0.3 is 0 Å². The highest BCUT2D eigenvalue weighted by molar-refractivity contribution is 7.80. The molecule has 5 heteroatoms. The number of methoxy groups -OCH3 is 1. The fourth-order valence-corrected chi connectivity index (χ4v) is 3.68. The van der Waals surface area contributed by atoms with Crippen LogP contribution in [0, 0.1) is 20.8 Å². The second kappa shape index (κ2) is 8.72. The first-order valence-electron chi connectivity index (χ1n) is 9.45. The number of benzene rings is 2. The number of ether oxygens (including phenoxy) is 1. The highest BCUT2D eigenvalue weighted by atomic mass is 32.1. The maximum atomic E-state index is 5.67. The largest absolute Gasteiger partial charge is 0.497 e. The van der Waals surface area contributed by atoms with Gasteiger partial charge in [0.15, 0.2) is 5.11 Å². The Bertz CT molecular complexity index is 796. The van der Waals surface area contributed by atoms with Gasteiger partial charge in [-0.15, -0.1) is 0 Å². The molecule has 2 aromatic rings. The summed E-state index contributed by atoms with van der Waals surface area (Å²) in [5, 5.41) is 4.27. The predicted molar refractivity (Wildman–Crippen MR) is 117 cm³/mol. The van der Waals surface area contributed by atoms with Crippen molar-refractivity contribution in [1.29, 1.82) is 0 Å². The van der Waals surface area contributed by atoms with Gasteiger partial charge in [0.05, 0.1) is 7.11 Å². The number of anilines is 1. The van der Waals surface area contributed by atoms with Crippen molar-refractivity contribution < 1.29 is 4.74 Å². The molecule has 144 valence electrons. The first-order chi connectivity index (χ1) is 13.0. The van der Waals surface area contributed by atoms with Crippen LogP contribution in [-0.2, 0) is 6.54 Å². The third kappa shape index (κ3) is 4.99. The van der Waals surface area contributed by atoms with Crippen molar-refractivity contribution in [3.8, 4) is 5.75 Å². The van der Waals surface area contributed by atoms with E-state index in [-0.39, 0.29) is 0 Å². The molecule has 0 aromatic heterocycles.